The number of aliphatic hydroxyl groups is 1. The van der Waals surface area contributed by atoms with Crippen molar-refractivity contribution in [2.24, 2.45) is 7.05 Å². The number of H-pyrrole nitrogens is 1. The Morgan fingerprint density at radius 2 is 1.83 bits per heavy atom. The number of hydrogen-bond acceptors (Lipinski definition) is 4. The lowest BCUT2D eigenvalue weighted by Gasteiger charge is -2.20. The Bertz CT molecular complexity index is 1630. The molecule has 1 unspecified atom stereocenters. The Morgan fingerprint density at radius 1 is 1.06 bits per heavy atom. The largest absolute Gasteiger partial charge is 0.416 e. The molecule has 0 radical (unpaired) electrons. The average molecular weight is 497 g/mol. The van der Waals surface area contributed by atoms with Gasteiger partial charge in [0.15, 0.2) is 0 Å². The number of alkyl halides is 3. The molecule has 0 bridgehead atoms. The molecular weight excluding hydrogens is 478 g/mol. The van der Waals surface area contributed by atoms with Gasteiger partial charge in [-0.1, -0.05) is 6.07 Å². The molecule has 7 nitrogen and oxygen atoms in total. The van der Waals surface area contributed by atoms with Gasteiger partial charge in [0.05, 0.1) is 29.9 Å². The molecule has 0 amide bonds. The minimum absolute atomic E-state index is 0.166. The topological polar surface area (TPSA) is 88.7 Å². The monoisotopic (exact) mass is 497 g/mol. The van der Waals surface area contributed by atoms with Crippen LogP contribution >= 0.6 is 0 Å². The van der Waals surface area contributed by atoms with Crippen molar-refractivity contribution in [2.75, 3.05) is 6.61 Å². The first-order valence-electron chi connectivity index (χ1n) is 10.8. The van der Waals surface area contributed by atoms with E-state index in [9.17, 15) is 27.5 Å². The maximum Gasteiger partial charge on any atom is 0.416 e. The number of aliphatic hydroxyl groups excluding tert-OH is 1. The van der Waals surface area contributed by atoms with E-state index in [4.69, 9.17) is 0 Å². The van der Waals surface area contributed by atoms with Crippen LogP contribution in [0.4, 0.5) is 17.6 Å². The van der Waals surface area contributed by atoms with Crippen molar-refractivity contribution in [2.45, 2.75) is 12.2 Å². The Kier molecular flexibility index (Phi) is 5.71. The third kappa shape index (κ3) is 4.29. The van der Waals surface area contributed by atoms with E-state index in [1.807, 2.05) is 18.3 Å². The van der Waals surface area contributed by atoms with E-state index in [2.05, 4.69) is 15.3 Å². The van der Waals surface area contributed by atoms with Crippen LogP contribution in [0, 0.1) is 5.82 Å². The molecule has 3 heterocycles. The smallest absolute Gasteiger partial charge is 0.394 e. The predicted molar refractivity (Wildman–Crippen MR) is 125 cm³/mol. The van der Waals surface area contributed by atoms with Crippen molar-refractivity contribution in [1.82, 2.24) is 24.5 Å². The van der Waals surface area contributed by atoms with Crippen LogP contribution in [0.15, 0.2) is 71.9 Å². The Hall–Kier alpha value is -4.25. The molecular formula is C25H19F4N5O2. The highest BCUT2D eigenvalue weighted by Crippen LogP contribution is 2.33. The van der Waals surface area contributed by atoms with Crippen LogP contribution in [0.1, 0.15) is 17.2 Å². The summed E-state index contributed by atoms with van der Waals surface area (Å²) in [5, 5.41) is 22.2. The number of hydrogen-bond donors (Lipinski definition) is 2. The normalized spacial score (nSPS) is 12.8. The molecule has 11 heteroatoms. The zero-order chi connectivity index (χ0) is 25.6. The fraction of sp³-hybridized carbons (Fsp3) is 0.160. The highest BCUT2D eigenvalue weighted by atomic mass is 19.4. The van der Waals surface area contributed by atoms with Gasteiger partial charge in [-0.15, -0.1) is 0 Å². The van der Waals surface area contributed by atoms with E-state index in [0.717, 1.165) is 33.2 Å². The molecule has 0 spiro atoms. The average Bonchev–Trinajstić information content (AvgIpc) is 3.45. The van der Waals surface area contributed by atoms with Gasteiger partial charge in [-0.2, -0.15) is 23.4 Å². The molecule has 184 valence electrons. The number of nitrogens with one attached hydrogen (secondary N) is 1. The molecule has 36 heavy (non-hydrogen) atoms. The number of aromatic nitrogens is 5. The van der Waals surface area contributed by atoms with Crippen molar-refractivity contribution < 1.29 is 22.7 Å². The van der Waals surface area contributed by atoms with Crippen molar-refractivity contribution in [3.8, 4) is 22.4 Å². The molecule has 5 rings (SSSR count). The second-order valence-electron chi connectivity index (χ2n) is 8.37. The summed E-state index contributed by atoms with van der Waals surface area (Å²) in [5.74, 6) is -1.11. The summed E-state index contributed by atoms with van der Waals surface area (Å²) in [6, 6.07) is 9.21. The van der Waals surface area contributed by atoms with Gasteiger partial charge in [-0.3, -0.25) is 14.6 Å². The van der Waals surface area contributed by atoms with E-state index < -0.39 is 35.8 Å². The van der Waals surface area contributed by atoms with Gasteiger partial charge < -0.3 is 9.67 Å². The number of nitrogens with zero attached hydrogens (tertiary/aromatic N) is 4. The quantitative estimate of drug-likeness (QED) is 0.349. The lowest BCUT2D eigenvalue weighted by atomic mass is 10.0. The summed E-state index contributed by atoms with van der Waals surface area (Å²) < 4.78 is 56.1. The number of benzene rings is 2. The first-order chi connectivity index (χ1) is 17.1. The van der Waals surface area contributed by atoms with Gasteiger partial charge in [0.2, 0.25) is 0 Å². The molecule has 3 aromatic heterocycles. The molecule has 0 aliphatic rings. The van der Waals surface area contributed by atoms with Crippen LogP contribution in [0.5, 0.6) is 0 Å². The van der Waals surface area contributed by atoms with Crippen LogP contribution in [0.25, 0.3) is 33.3 Å². The maximum atomic E-state index is 13.9. The van der Waals surface area contributed by atoms with Crippen LogP contribution in [0.2, 0.25) is 0 Å². The maximum absolute atomic E-state index is 13.9. The third-order valence-corrected chi connectivity index (χ3v) is 5.96. The summed E-state index contributed by atoms with van der Waals surface area (Å²) in [4.78, 5) is 13.0. The number of aryl methyl sites for hydroxylation is 1. The van der Waals surface area contributed by atoms with Gasteiger partial charge >= 0.3 is 6.18 Å². The predicted octanol–water partition coefficient (Wildman–Crippen LogP) is 4.53. The van der Waals surface area contributed by atoms with Gasteiger partial charge in [-0.25, -0.2) is 4.39 Å². The lowest BCUT2D eigenvalue weighted by Crippen LogP contribution is -2.27. The second kappa shape index (κ2) is 8.76. The summed E-state index contributed by atoms with van der Waals surface area (Å²) >= 11 is 0. The highest BCUT2D eigenvalue weighted by Gasteiger charge is 2.32. The SMILES string of the molecule is Cn1cc(-c2n[nH]c3ccc(-c4ccn(C(CO)c5cc(F)cc(C(F)(F)F)c5)c(=O)c4)cc23)cn1. The molecule has 2 aromatic carbocycles. The van der Waals surface area contributed by atoms with Gasteiger partial charge in [0.25, 0.3) is 5.56 Å². The van der Waals surface area contributed by atoms with E-state index in [1.165, 1.54) is 12.3 Å². The summed E-state index contributed by atoms with van der Waals surface area (Å²) in [6.45, 7) is -0.699. The van der Waals surface area contributed by atoms with Gasteiger partial charge in [0, 0.05) is 36.5 Å². The molecule has 0 saturated carbocycles. The standard InChI is InChI=1S/C25H19F4N5O2/c1-33-12-17(11-30-33)24-20-8-14(2-3-21(20)31-32-24)15-4-5-34(23(36)9-15)22(13-35)16-6-18(25(27,28)29)10-19(26)7-16/h2-12,22,35H,13H2,1H3,(H,31,32). The van der Waals surface area contributed by atoms with Crippen LogP contribution < -0.4 is 5.56 Å². The molecule has 2 N–H and O–H groups in total. The fourth-order valence-electron chi connectivity index (χ4n) is 4.21. The number of halogens is 4. The fourth-order valence-corrected chi connectivity index (χ4v) is 4.21. The summed E-state index contributed by atoms with van der Waals surface area (Å²) in [6.07, 6.45) is 0.120. The summed E-state index contributed by atoms with van der Waals surface area (Å²) in [5.41, 5.74) is 1.64. The van der Waals surface area contributed by atoms with Gasteiger partial charge in [-0.05, 0) is 53.1 Å². The van der Waals surface area contributed by atoms with Crippen molar-refractivity contribution >= 4 is 10.9 Å². The Morgan fingerprint density at radius 3 is 2.50 bits per heavy atom. The van der Waals surface area contributed by atoms with E-state index in [1.54, 1.807) is 30.1 Å². The molecule has 0 aliphatic heterocycles. The lowest BCUT2D eigenvalue weighted by molar-refractivity contribution is -0.137. The second-order valence-corrected chi connectivity index (χ2v) is 8.37. The van der Waals surface area contributed by atoms with Gasteiger partial charge in [0.1, 0.15) is 11.5 Å². The number of pyridine rings is 1. The number of fused-ring (bicyclic) bond motifs is 1. The molecule has 0 saturated heterocycles. The van der Waals surface area contributed by atoms with E-state index >= 15 is 0 Å². The first kappa shape index (κ1) is 23.5. The van der Waals surface area contributed by atoms with Crippen molar-refractivity contribution in [3.63, 3.8) is 0 Å². The minimum atomic E-state index is -4.77. The molecule has 5 aromatic rings. The van der Waals surface area contributed by atoms with Crippen LogP contribution in [-0.2, 0) is 13.2 Å². The molecule has 0 fully saturated rings. The molecule has 0 aliphatic carbocycles. The number of rotatable bonds is 5. The Labute approximate surface area is 201 Å². The third-order valence-electron chi connectivity index (χ3n) is 5.96. The zero-order valence-electron chi connectivity index (χ0n) is 18.8. The highest BCUT2D eigenvalue weighted by molar-refractivity contribution is 5.95. The Balaban J connectivity index is 1.53. The molecule has 1 atom stereocenters. The van der Waals surface area contributed by atoms with E-state index in [-0.39, 0.29) is 5.56 Å². The van der Waals surface area contributed by atoms with Crippen LogP contribution in [-0.4, -0.2) is 36.3 Å². The van der Waals surface area contributed by atoms with Crippen LogP contribution in [0.3, 0.4) is 0 Å². The number of aromatic amines is 1. The van der Waals surface area contributed by atoms with Crippen molar-refractivity contribution in [3.05, 3.63) is 94.4 Å². The minimum Gasteiger partial charge on any atom is -0.394 e. The summed E-state index contributed by atoms with van der Waals surface area (Å²) in [7, 11) is 1.80. The first-order valence-corrected chi connectivity index (χ1v) is 10.8. The zero-order valence-corrected chi connectivity index (χ0v) is 18.8. The van der Waals surface area contributed by atoms with Crippen molar-refractivity contribution in [1.29, 1.82) is 0 Å². The van der Waals surface area contributed by atoms with E-state index in [0.29, 0.717) is 22.9 Å².